The summed E-state index contributed by atoms with van der Waals surface area (Å²) >= 11 is 0. The smallest absolute Gasteiger partial charge is 0.254 e. The minimum Gasteiger partial charge on any atom is -0.508 e. The van der Waals surface area contributed by atoms with Crippen molar-refractivity contribution in [2.24, 2.45) is 16.6 Å². The molecule has 1 saturated heterocycles. The van der Waals surface area contributed by atoms with Gasteiger partial charge >= 0.3 is 0 Å². The number of phenolic OH excluding ortho intramolecular Hbond substituents is 1. The molecule has 0 atom stereocenters. The summed E-state index contributed by atoms with van der Waals surface area (Å²) in [5.74, 6) is 0.181. The van der Waals surface area contributed by atoms with Crippen LogP contribution in [0.15, 0.2) is 41.5 Å². The van der Waals surface area contributed by atoms with Crippen molar-refractivity contribution in [2.75, 3.05) is 13.1 Å². The van der Waals surface area contributed by atoms with Crippen molar-refractivity contribution in [1.29, 1.82) is 5.26 Å². The monoisotopic (exact) mass is 487 g/mol. The lowest BCUT2D eigenvalue weighted by Gasteiger charge is -2.31. The number of fused-ring (bicyclic) bond motifs is 1. The minimum absolute atomic E-state index is 0.0604. The van der Waals surface area contributed by atoms with Crippen LogP contribution in [0.5, 0.6) is 5.75 Å². The highest BCUT2D eigenvalue weighted by molar-refractivity contribution is 6.09. The number of ketones is 1. The molecule has 0 radical (unpaired) electrons. The average molecular weight is 488 g/mol. The second-order valence-electron chi connectivity index (χ2n) is 9.82. The Morgan fingerprint density at radius 2 is 1.97 bits per heavy atom. The van der Waals surface area contributed by atoms with Gasteiger partial charge in [-0.05, 0) is 93.8 Å². The zero-order valence-electron chi connectivity index (χ0n) is 20.5. The molecule has 0 spiro atoms. The maximum atomic E-state index is 13.3. The topological polar surface area (TPSA) is 133 Å². The number of likely N-dealkylation sites (tertiary alicyclic amines) is 1. The number of nitrogens with two attached hydrogens (primary N) is 1. The molecule has 4 rings (SSSR count). The molecule has 2 aliphatic rings. The van der Waals surface area contributed by atoms with E-state index in [0.717, 1.165) is 32.1 Å². The predicted octanol–water partition coefficient (Wildman–Crippen LogP) is 4.53. The second-order valence-corrected chi connectivity index (χ2v) is 9.82. The number of nitriles is 1. The fourth-order valence-corrected chi connectivity index (χ4v) is 5.21. The van der Waals surface area contributed by atoms with Gasteiger partial charge in [-0.15, -0.1) is 0 Å². The molecular weight excluding hydrogens is 454 g/mol. The molecular formula is C28H33N5O3. The van der Waals surface area contributed by atoms with Crippen LogP contribution in [0.1, 0.15) is 78.6 Å². The van der Waals surface area contributed by atoms with Crippen LogP contribution >= 0.6 is 0 Å². The van der Waals surface area contributed by atoms with Gasteiger partial charge in [0, 0.05) is 31.1 Å². The van der Waals surface area contributed by atoms with E-state index in [1.807, 2.05) is 4.90 Å². The minimum atomic E-state index is -0.713. The maximum absolute atomic E-state index is 13.3. The predicted molar refractivity (Wildman–Crippen MR) is 139 cm³/mol. The number of phenols is 1. The van der Waals surface area contributed by atoms with E-state index in [0.29, 0.717) is 61.2 Å². The third-order valence-corrected chi connectivity index (χ3v) is 7.39. The van der Waals surface area contributed by atoms with Gasteiger partial charge in [-0.2, -0.15) is 5.26 Å². The highest BCUT2D eigenvalue weighted by Gasteiger charge is 2.34. The number of piperidine rings is 1. The molecule has 2 aromatic rings. The van der Waals surface area contributed by atoms with Crippen LogP contribution in [0.3, 0.4) is 0 Å². The van der Waals surface area contributed by atoms with Crippen molar-refractivity contribution in [2.45, 2.75) is 63.3 Å². The molecule has 1 aromatic carbocycles. The van der Waals surface area contributed by atoms with Crippen molar-refractivity contribution in [1.82, 2.24) is 9.88 Å². The van der Waals surface area contributed by atoms with E-state index < -0.39 is 5.54 Å². The zero-order valence-corrected chi connectivity index (χ0v) is 20.5. The molecule has 8 heteroatoms. The number of Topliss-reactive ketones (excluding diaryl/α,β-unsaturated/α-hetero) is 1. The van der Waals surface area contributed by atoms with Crippen molar-refractivity contribution >= 4 is 28.8 Å². The highest BCUT2D eigenvalue weighted by Crippen LogP contribution is 2.37. The van der Waals surface area contributed by atoms with E-state index in [2.05, 4.69) is 16.0 Å². The van der Waals surface area contributed by atoms with E-state index >= 15 is 0 Å². The Labute approximate surface area is 211 Å². The number of rotatable bonds is 7. The lowest BCUT2D eigenvalue weighted by molar-refractivity contribution is 0.0726. The summed E-state index contributed by atoms with van der Waals surface area (Å²) in [5, 5.41) is 20.2. The van der Waals surface area contributed by atoms with Gasteiger partial charge in [0.15, 0.2) is 5.78 Å². The molecule has 36 heavy (non-hydrogen) atoms. The Morgan fingerprint density at radius 1 is 1.22 bits per heavy atom. The first kappa shape index (κ1) is 25.4. The first-order valence-corrected chi connectivity index (χ1v) is 12.7. The number of nitrogens with zero attached hydrogens (tertiary/aromatic N) is 4. The summed E-state index contributed by atoms with van der Waals surface area (Å²) in [4.78, 5) is 37.3. The first-order valence-electron chi connectivity index (χ1n) is 12.7. The van der Waals surface area contributed by atoms with E-state index in [9.17, 15) is 20.0 Å². The number of carbonyl (C=O) groups excluding carboxylic acids is 2. The summed E-state index contributed by atoms with van der Waals surface area (Å²) in [7, 11) is 0. The van der Waals surface area contributed by atoms with Crippen LogP contribution < -0.4 is 5.73 Å². The number of benzene rings is 1. The Bertz CT molecular complexity index is 1220. The number of aliphatic imine (C=N–C) groups is 1. The lowest BCUT2D eigenvalue weighted by atomic mass is 9.76. The Balaban J connectivity index is 1.47. The number of allylic oxidation sites excluding steroid dienone is 1. The third-order valence-electron chi connectivity index (χ3n) is 7.39. The van der Waals surface area contributed by atoms with Crippen molar-refractivity contribution < 1.29 is 14.7 Å². The molecule has 1 saturated carbocycles. The molecule has 1 aliphatic carbocycles. The molecule has 2 fully saturated rings. The van der Waals surface area contributed by atoms with Gasteiger partial charge in [0.25, 0.3) is 5.91 Å². The summed E-state index contributed by atoms with van der Waals surface area (Å²) in [6, 6.07) is 8.67. The Hall–Kier alpha value is -3.73. The van der Waals surface area contributed by atoms with Crippen molar-refractivity contribution in [3.05, 3.63) is 47.8 Å². The standard InChI is InChI=1S/C28H33N5O3/c29-13-4-14-31-28(19-30)11-9-20(10-12-28)5-8-26(35)25-18-23(27(36)33-15-2-1-3-16-33)22-17-21(34)6-7-24(22)32-25/h4,6-7,13-14,17-18,20,34H,1-3,5,8-12,15-16,29H2/b13-4-,31-14?. The quantitative estimate of drug-likeness (QED) is 0.436. The van der Waals surface area contributed by atoms with Crippen LogP contribution in [-0.2, 0) is 0 Å². The van der Waals surface area contributed by atoms with Gasteiger partial charge in [0.05, 0.1) is 17.1 Å². The molecule has 3 N–H and O–H groups in total. The van der Waals surface area contributed by atoms with Crippen LogP contribution in [0.25, 0.3) is 10.9 Å². The molecule has 1 amide bonds. The fourth-order valence-electron chi connectivity index (χ4n) is 5.21. The van der Waals surface area contributed by atoms with Gasteiger partial charge in [-0.25, -0.2) is 4.98 Å². The summed E-state index contributed by atoms with van der Waals surface area (Å²) in [5.41, 5.74) is 5.86. The van der Waals surface area contributed by atoms with Gasteiger partial charge in [0.2, 0.25) is 0 Å². The summed E-state index contributed by atoms with van der Waals surface area (Å²) in [6.07, 6.45) is 11.6. The van der Waals surface area contributed by atoms with Crippen molar-refractivity contribution in [3.63, 3.8) is 0 Å². The maximum Gasteiger partial charge on any atom is 0.254 e. The highest BCUT2D eigenvalue weighted by atomic mass is 16.3. The summed E-state index contributed by atoms with van der Waals surface area (Å²) in [6.45, 7) is 1.40. The normalized spacial score (nSPS) is 22.8. The van der Waals surface area contributed by atoms with Crippen LogP contribution in [0.2, 0.25) is 0 Å². The van der Waals surface area contributed by atoms with Crippen LogP contribution in [-0.4, -0.2) is 51.5 Å². The van der Waals surface area contributed by atoms with Gasteiger partial charge < -0.3 is 15.7 Å². The number of hydrogen-bond acceptors (Lipinski definition) is 7. The zero-order chi connectivity index (χ0) is 25.5. The SMILES string of the molecule is N#CC1(N=C/C=C\N)CCC(CCC(=O)c2cc(C(=O)N3CCCCC3)c3cc(O)ccc3n2)CC1. The molecule has 0 unspecified atom stereocenters. The number of hydrogen-bond donors (Lipinski definition) is 2. The molecule has 8 nitrogen and oxygen atoms in total. The van der Waals surface area contributed by atoms with Crippen molar-refractivity contribution in [3.8, 4) is 11.8 Å². The number of pyridine rings is 1. The number of amides is 1. The van der Waals surface area contributed by atoms with Gasteiger partial charge in [0.1, 0.15) is 17.0 Å². The largest absolute Gasteiger partial charge is 0.508 e. The average Bonchev–Trinajstić information content (AvgIpc) is 2.92. The van der Waals surface area contributed by atoms with E-state index in [4.69, 9.17) is 5.73 Å². The molecule has 1 aliphatic heterocycles. The van der Waals surface area contributed by atoms with E-state index in [1.54, 1.807) is 30.5 Å². The molecule has 0 bridgehead atoms. The molecule has 1 aromatic heterocycles. The fraction of sp³-hybridized carbons (Fsp3) is 0.464. The second kappa shape index (κ2) is 11.3. The van der Waals surface area contributed by atoms with Gasteiger partial charge in [-0.1, -0.05) is 0 Å². The third kappa shape index (κ3) is 5.73. The Morgan fingerprint density at radius 3 is 2.67 bits per heavy atom. The number of aromatic nitrogens is 1. The van der Waals surface area contributed by atoms with Crippen LogP contribution in [0, 0.1) is 17.2 Å². The summed E-state index contributed by atoms with van der Waals surface area (Å²) < 4.78 is 0. The Kier molecular flexibility index (Phi) is 7.99. The van der Waals surface area contributed by atoms with Gasteiger partial charge in [-0.3, -0.25) is 14.6 Å². The molecule has 188 valence electrons. The van der Waals surface area contributed by atoms with Crippen LogP contribution in [0.4, 0.5) is 0 Å². The number of carbonyl (C=O) groups is 2. The van der Waals surface area contributed by atoms with E-state index in [1.165, 1.54) is 12.3 Å². The molecule has 2 heterocycles. The lowest BCUT2D eigenvalue weighted by Crippen LogP contribution is -2.35. The first-order chi connectivity index (χ1) is 17.4. The van der Waals surface area contributed by atoms with E-state index in [-0.39, 0.29) is 23.1 Å². The number of aromatic hydroxyl groups is 1.